The standard InChI is InChI=1S/C16H13NO2/c17-10-13-15(18)12-8-4-5-9-14(12)19-16(13)11-6-2-1-3-7-11/h1-10,16H,17H2. The Morgan fingerprint density at radius 2 is 1.68 bits per heavy atom. The Morgan fingerprint density at radius 3 is 2.42 bits per heavy atom. The number of fused-ring (bicyclic) bond motifs is 1. The summed E-state index contributed by atoms with van der Waals surface area (Å²) in [6.45, 7) is 0. The molecule has 0 saturated heterocycles. The molecule has 3 heteroatoms. The molecule has 2 aromatic carbocycles. The number of para-hydroxylation sites is 1. The maximum absolute atomic E-state index is 12.4. The monoisotopic (exact) mass is 251 g/mol. The Bertz CT molecular complexity index is 647. The summed E-state index contributed by atoms with van der Waals surface area (Å²) in [5.41, 5.74) is 7.57. The highest BCUT2D eigenvalue weighted by Crippen LogP contribution is 2.37. The molecule has 1 unspecified atom stereocenters. The molecule has 1 aliphatic heterocycles. The van der Waals surface area contributed by atoms with Crippen molar-refractivity contribution in [1.29, 1.82) is 0 Å². The zero-order chi connectivity index (χ0) is 13.2. The first kappa shape index (κ1) is 11.5. The van der Waals surface area contributed by atoms with E-state index in [1.165, 1.54) is 6.20 Å². The first-order valence-corrected chi connectivity index (χ1v) is 6.08. The van der Waals surface area contributed by atoms with Gasteiger partial charge in [-0.15, -0.1) is 0 Å². The molecule has 19 heavy (non-hydrogen) atoms. The molecular formula is C16H13NO2. The molecule has 1 heterocycles. The summed E-state index contributed by atoms with van der Waals surface area (Å²) >= 11 is 0. The third-order valence-corrected chi connectivity index (χ3v) is 3.20. The maximum Gasteiger partial charge on any atom is 0.198 e. The van der Waals surface area contributed by atoms with Gasteiger partial charge < -0.3 is 10.5 Å². The van der Waals surface area contributed by atoms with E-state index < -0.39 is 6.10 Å². The van der Waals surface area contributed by atoms with Crippen molar-refractivity contribution in [2.75, 3.05) is 0 Å². The first-order valence-electron chi connectivity index (χ1n) is 6.08. The van der Waals surface area contributed by atoms with Gasteiger partial charge in [0.1, 0.15) is 5.75 Å². The minimum Gasteiger partial charge on any atom is -0.480 e. The Kier molecular flexibility index (Phi) is 2.80. The molecule has 0 aromatic heterocycles. The Labute approximate surface area is 111 Å². The predicted molar refractivity (Wildman–Crippen MR) is 72.9 cm³/mol. The van der Waals surface area contributed by atoms with Gasteiger partial charge in [-0.25, -0.2) is 0 Å². The summed E-state index contributed by atoms with van der Waals surface area (Å²) < 4.78 is 5.92. The fourth-order valence-corrected chi connectivity index (χ4v) is 2.26. The third kappa shape index (κ3) is 1.89. The van der Waals surface area contributed by atoms with E-state index in [9.17, 15) is 4.79 Å². The van der Waals surface area contributed by atoms with Gasteiger partial charge in [-0.2, -0.15) is 0 Å². The zero-order valence-corrected chi connectivity index (χ0v) is 10.2. The van der Waals surface area contributed by atoms with Crippen LogP contribution >= 0.6 is 0 Å². The minimum atomic E-state index is -0.436. The van der Waals surface area contributed by atoms with Crippen molar-refractivity contribution in [3.8, 4) is 5.75 Å². The molecule has 0 radical (unpaired) electrons. The van der Waals surface area contributed by atoms with E-state index in [1.54, 1.807) is 12.1 Å². The number of ether oxygens (including phenoxy) is 1. The van der Waals surface area contributed by atoms with E-state index in [0.29, 0.717) is 16.9 Å². The largest absolute Gasteiger partial charge is 0.480 e. The Hall–Kier alpha value is -2.55. The van der Waals surface area contributed by atoms with Crippen LogP contribution in [0.5, 0.6) is 5.75 Å². The highest BCUT2D eigenvalue weighted by Gasteiger charge is 2.32. The second-order valence-electron chi connectivity index (χ2n) is 4.36. The SMILES string of the molecule is NC=C1C(=O)c2ccccc2OC1c1ccccc1. The first-order chi connectivity index (χ1) is 9.31. The van der Waals surface area contributed by atoms with Crippen LogP contribution in [0.15, 0.2) is 66.4 Å². The van der Waals surface area contributed by atoms with Crippen LogP contribution in [0.2, 0.25) is 0 Å². The molecule has 1 aliphatic rings. The van der Waals surface area contributed by atoms with Crippen molar-refractivity contribution >= 4 is 5.78 Å². The molecule has 1 atom stereocenters. The molecule has 0 spiro atoms. The highest BCUT2D eigenvalue weighted by molar-refractivity contribution is 6.12. The molecule has 0 aliphatic carbocycles. The van der Waals surface area contributed by atoms with Gasteiger partial charge in [0.25, 0.3) is 0 Å². The van der Waals surface area contributed by atoms with E-state index >= 15 is 0 Å². The summed E-state index contributed by atoms with van der Waals surface area (Å²) in [6.07, 6.45) is 0.907. The van der Waals surface area contributed by atoms with E-state index in [2.05, 4.69) is 0 Å². The average molecular weight is 251 g/mol. The molecule has 0 amide bonds. The number of carbonyl (C=O) groups is 1. The van der Waals surface area contributed by atoms with Crippen LogP contribution in [-0.4, -0.2) is 5.78 Å². The van der Waals surface area contributed by atoms with Crippen LogP contribution < -0.4 is 10.5 Å². The van der Waals surface area contributed by atoms with Crippen molar-refractivity contribution in [3.63, 3.8) is 0 Å². The van der Waals surface area contributed by atoms with E-state index in [-0.39, 0.29) is 5.78 Å². The number of benzene rings is 2. The number of nitrogens with two attached hydrogens (primary N) is 1. The topological polar surface area (TPSA) is 52.3 Å². The predicted octanol–water partition coefficient (Wildman–Crippen LogP) is 2.85. The highest BCUT2D eigenvalue weighted by atomic mass is 16.5. The number of carbonyl (C=O) groups excluding carboxylic acids is 1. The molecular weight excluding hydrogens is 238 g/mol. The van der Waals surface area contributed by atoms with Crippen molar-refractivity contribution in [2.24, 2.45) is 5.73 Å². The van der Waals surface area contributed by atoms with Gasteiger partial charge in [0.2, 0.25) is 0 Å². The summed E-state index contributed by atoms with van der Waals surface area (Å²) in [7, 11) is 0. The van der Waals surface area contributed by atoms with Crippen LogP contribution in [0.1, 0.15) is 22.0 Å². The van der Waals surface area contributed by atoms with Gasteiger partial charge in [-0.05, 0) is 17.7 Å². The van der Waals surface area contributed by atoms with Gasteiger partial charge >= 0.3 is 0 Å². The van der Waals surface area contributed by atoms with Crippen molar-refractivity contribution in [1.82, 2.24) is 0 Å². The summed E-state index contributed by atoms with van der Waals surface area (Å²) in [5.74, 6) is 0.533. The summed E-state index contributed by atoms with van der Waals surface area (Å²) in [6, 6.07) is 16.8. The Balaban J connectivity index is 2.11. The van der Waals surface area contributed by atoms with Crippen LogP contribution in [0.4, 0.5) is 0 Å². The van der Waals surface area contributed by atoms with Gasteiger partial charge in [0, 0.05) is 6.20 Å². The summed E-state index contributed by atoms with van der Waals surface area (Å²) in [5, 5.41) is 0. The maximum atomic E-state index is 12.4. The lowest BCUT2D eigenvalue weighted by Gasteiger charge is -2.27. The van der Waals surface area contributed by atoms with E-state index in [4.69, 9.17) is 10.5 Å². The fraction of sp³-hybridized carbons (Fsp3) is 0.0625. The lowest BCUT2D eigenvalue weighted by molar-refractivity contribution is 0.0960. The second kappa shape index (κ2) is 4.61. The quantitative estimate of drug-likeness (QED) is 0.793. The molecule has 0 bridgehead atoms. The molecule has 2 N–H and O–H groups in total. The van der Waals surface area contributed by atoms with Crippen molar-refractivity contribution < 1.29 is 9.53 Å². The smallest absolute Gasteiger partial charge is 0.198 e. The van der Waals surface area contributed by atoms with Crippen LogP contribution in [-0.2, 0) is 0 Å². The van der Waals surface area contributed by atoms with Crippen LogP contribution in [0.3, 0.4) is 0 Å². The van der Waals surface area contributed by atoms with E-state index in [1.807, 2.05) is 42.5 Å². The summed E-state index contributed by atoms with van der Waals surface area (Å²) in [4.78, 5) is 12.4. The number of hydrogen-bond acceptors (Lipinski definition) is 3. The van der Waals surface area contributed by atoms with Gasteiger partial charge in [-0.1, -0.05) is 42.5 Å². The number of hydrogen-bond donors (Lipinski definition) is 1. The zero-order valence-electron chi connectivity index (χ0n) is 10.2. The van der Waals surface area contributed by atoms with Crippen LogP contribution in [0, 0.1) is 0 Å². The van der Waals surface area contributed by atoms with Gasteiger partial charge in [0.15, 0.2) is 11.9 Å². The number of Topliss-reactive ketones (excluding diaryl/α,β-unsaturated/α-hetero) is 1. The normalized spacial score (nSPS) is 19.9. The lowest BCUT2D eigenvalue weighted by Crippen LogP contribution is -2.24. The number of rotatable bonds is 1. The molecule has 0 fully saturated rings. The molecule has 2 aromatic rings. The lowest BCUT2D eigenvalue weighted by atomic mass is 9.92. The third-order valence-electron chi connectivity index (χ3n) is 3.20. The van der Waals surface area contributed by atoms with E-state index in [0.717, 1.165) is 5.56 Å². The average Bonchev–Trinajstić information content (AvgIpc) is 2.48. The van der Waals surface area contributed by atoms with Gasteiger partial charge in [0.05, 0.1) is 11.1 Å². The van der Waals surface area contributed by atoms with Crippen LogP contribution in [0.25, 0.3) is 0 Å². The second-order valence-corrected chi connectivity index (χ2v) is 4.36. The number of ketones is 1. The molecule has 94 valence electrons. The fourth-order valence-electron chi connectivity index (χ4n) is 2.26. The molecule has 3 nitrogen and oxygen atoms in total. The Morgan fingerprint density at radius 1 is 1.00 bits per heavy atom. The van der Waals surface area contributed by atoms with Crippen molar-refractivity contribution in [3.05, 3.63) is 77.5 Å². The minimum absolute atomic E-state index is 0.0711. The van der Waals surface area contributed by atoms with Gasteiger partial charge in [-0.3, -0.25) is 4.79 Å². The molecule has 3 rings (SSSR count). The molecule has 0 saturated carbocycles. The van der Waals surface area contributed by atoms with Crippen molar-refractivity contribution in [2.45, 2.75) is 6.10 Å².